The Labute approximate surface area is 135 Å². The summed E-state index contributed by atoms with van der Waals surface area (Å²) >= 11 is 6.20. The van der Waals surface area contributed by atoms with Gasteiger partial charge in [-0.25, -0.2) is 0 Å². The molecule has 4 fully saturated rings. The molecule has 4 aliphatic rings. The molecule has 1 aromatic rings. The van der Waals surface area contributed by atoms with Crippen LogP contribution in [0.1, 0.15) is 51.0 Å². The number of carboxylic acid groups (broad SMARTS) is 1. The monoisotopic (exact) mass is 316 g/mol. The van der Waals surface area contributed by atoms with Gasteiger partial charge in [0.15, 0.2) is 0 Å². The molecule has 3 heteroatoms. The summed E-state index contributed by atoms with van der Waals surface area (Å²) in [4.78, 5) is 12.3. The second-order valence-electron chi connectivity index (χ2n) is 8.93. The molecule has 2 bridgehead atoms. The highest BCUT2D eigenvalue weighted by atomic mass is 35.5. The van der Waals surface area contributed by atoms with Gasteiger partial charge in [-0.2, -0.15) is 0 Å². The maximum atomic E-state index is 12.3. The van der Waals surface area contributed by atoms with Gasteiger partial charge in [0.1, 0.15) is 0 Å². The van der Waals surface area contributed by atoms with E-state index in [0.29, 0.717) is 11.3 Å². The van der Waals surface area contributed by atoms with Crippen LogP contribution in [0.2, 0.25) is 5.02 Å². The molecule has 0 radical (unpaired) electrons. The molecule has 0 aliphatic heterocycles. The first kappa shape index (κ1) is 13.4. The van der Waals surface area contributed by atoms with Crippen LogP contribution in [0, 0.1) is 27.6 Å². The van der Waals surface area contributed by atoms with Gasteiger partial charge in [-0.15, -0.1) is 0 Å². The molecule has 1 N–H and O–H groups in total. The molecular formula is C19H21ClO2. The largest absolute Gasteiger partial charge is 0.481 e. The molecule has 1 aromatic carbocycles. The highest BCUT2D eigenvalue weighted by Gasteiger charge is 2.90. The zero-order valence-electron chi connectivity index (χ0n) is 13.0. The number of hydrogen-bond donors (Lipinski definition) is 1. The van der Waals surface area contributed by atoms with Crippen LogP contribution in [-0.4, -0.2) is 11.1 Å². The fourth-order valence-electron chi connectivity index (χ4n) is 8.05. The first-order chi connectivity index (χ1) is 10.3. The lowest BCUT2D eigenvalue weighted by Crippen LogP contribution is -2.73. The van der Waals surface area contributed by atoms with Crippen molar-refractivity contribution in [1.82, 2.24) is 0 Å². The van der Waals surface area contributed by atoms with E-state index in [4.69, 9.17) is 11.6 Å². The molecule has 0 saturated heterocycles. The van der Waals surface area contributed by atoms with Crippen LogP contribution in [-0.2, 0) is 4.79 Å². The first-order valence-corrected chi connectivity index (χ1v) is 8.65. The van der Waals surface area contributed by atoms with Gasteiger partial charge < -0.3 is 5.11 Å². The molecule has 4 aliphatic carbocycles. The molecular weight excluding hydrogens is 296 g/mol. The second-order valence-corrected chi connectivity index (χ2v) is 9.36. The van der Waals surface area contributed by atoms with Crippen molar-refractivity contribution in [3.05, 3.63) is 34.9 Å². The number of carboxylic acids is 1. The van der Waals surface area contributed by atoms with Crippen LogP contribution in [0.25, 0.3) is 0 Å². The molecule has 0 aromatic heterocycles. The fraction of sp³-hybridized carbons (Fsp3) is 0.632. The number of carbonyl (C=O) groups is 1. The van der Waals surface area contributed by atoms with Gasteiger partial charge in [0.25, 0.3) is 0 Å². The van der Waals surface area contributed by atoms with Crippen molar-refractivity contribution < 1.29 is 9.90 Å². The van der Waals surface area contributed by atoms with Crippen LogP contribution in [0.15, 0.2) is 24.3 Å². The van der Waals surface area contributed by atoms with Crippen LogP contribution in [0.4, 0.5) is 0 Å². The average Bonchev–Trinajstić information content (AvgIpc) is 2.84. The third kappa shape index (κ3) is 1.06. The zero-order chi connectivity index (χ0) is 15.5. The van der Waals surface area contributed by atoms with E-state index in [1.165, 1.54) is 12.8 Å². The summed E-state index contributed by atoms with van der Waals surface area (Å²) < 4.78 is 0. The van der Waals surface area contributed by atoms with Gasteiger partial charge in [-0.1, -0.05) is 37.6 Å². The number of rotatable bonds is 2. The Morgan fingerprint density at radius 2 is 2.00 bits per heavy atom. The lowest BCUT2D eigenvalue weighted by atomic mass is 9.24. The third-order valence-corrected chi connectivity index (χ3v) is 8.40. The van der Waals surface area contributed by atoms with Gasteiger partial charge in [0, 0.05) is 10.9 Å². The highest BCUT2D eigenvalue weighted by Crippen LogP contribution is 2.96. The van der Waals surface area contributed by atoms with Crippen molar-refractivity contribution in [3.63, 3.8) is 0 Å². The Bertz CT molecular complexity index is 730. The number of hydrogen-bond acceptors (Lipinski definition) is 1. The summed E-state index contributed by atoms with van der Waals surface area (Å²) in [6.45, 7) is 4.74. The summed E-state index contributed by atoms with van der Waals surface area (Å²) in [6, 6.07) is 7.93. The lowest BCUT2D eigenvalue weighted by molar-refractivity contribution is -0.306. The molecule has 2 nitrogen and oxygen atoms in total. The van der Waals surface area contributed by atoms with Gasteiger partial charge in [0.2, 0.25) is 0 Å². The Morgan fingerprint density at radius 1 is 1.23 bits per heavy atom. The van der Waals surface area contributed by atoms with E-state index >= 15 is 0 Å². The topological polar surface area (TPSA) is 37.3 Å². The summed E-state index contributed by atoms with van der Waals surface area (Å²) in [6.07, 6.45) is 4.13. The van der Waals surface area contributed by atoms with Crippen molar-refractivity contribution in [2.24, 2.45) is 27.6 Å². The molecule has 0 amide bonds. The second kappa shape index (κ2) is 3.40. The van der Waals surface area contributed by atoms with E-state index < -0.39 is 11.4 Å². The standard InChI is InChI=1S/C19H21ClO2/c1-16-7-13-14(11-4-3-5-12(20)6-11)18(15(21)22)9-17(2,8-16)19(13,16)10-18/h3-6,13-14H,7-10H2,1-2H3,(H,21,22)/t13?,14?,16?,17-,18+,19?/m0/s1. The molecule has 0 heterocycles. The minimum absolute atomic E-state index is 0.144. The highest BCUT2D eigenvalue weighted by molar-refractivity contribution is 6.30. The van der Waals surface area contributed by atoms with E-state index in [-0.39, 0.29) is 16.7 Å². The molecule has 6 atom stereocenters. The van der Waals surface area contributed by atoms with Gasteiger partial charge in [0.05, 0.1) is 5.41 Å². The van der Waals surface area contributed by atoms with Crippen LogP contribution in [0.5, 0.6) is 0 Å². The van der Waals surface area contributed by atoms with Crippen LogP contribution >= 0.6 is 11.6 Å². The van der Waals surface area contributed by atoms with Crippen molar-refractivity contribution >= 4 is 17.6 Å². The molecule has 4 saturated carbocycles. The molecule has 1 spiro atoms. The SMILES string of the molecule is CC12CC3C(c4cccc(Cl)c4)[C@]4(C(=O)O)CC31[C@@](C)(C2)C4. The van der Waals surface area contributed by atoms with E-state index in [1.807, 2.05) is 18.2 Å². The Hall–Kier alpha value is -1.02. The molecule has 116 valence electrons. The Kier molecular flexibility index (Phi) is 2.08. The van der Waals surface area contributed by atoms with Gasteiger partial charge >= 0.3 is 5.97 Å². The summed E-state index contributed by atoms with van der Waals surface area (Å²) in [5, 5.41) is 10.9. The van der Waals surface area contributed by atoms with Gasteiger partial charge in [-0.05, 0) is 65.5 Å². The molecule has 22 heavy (non-hydrogen) atoms. The van der Waals surface area contributed by atoms with Crippen molar-refractivity contribution in [1.29, 1.82) is 0 Å². The summed E-state index contributed by atoms with van der Waals surface area (Å²) in [7, 11) is 0. The maximum absolute atomic E-state index is 12.3. The van der Waals surface area contributed by atoms with Crippen LogP contribution < -0.4 is 0 Å². The third-order valence-electron chi connectivity index (χ3n) is 8.17. The average molecular weight is 317 g/mol. The number of aliphatic carboxylic acids is 1. The van der Waals surface area contributed by atoms with E-state index in [0.717, 1.165) is 23.4 Å². The number of benzene rings is 1. The zero-order valence-corrected chi connectivity index (χ0v) is 13.8. The summed E-state index contributed by atoms with van der Waals surface area (Å²) in [5.41, 5.74) is 1.48. The number of halogens is 1. The smallest absolute Gasteiger partial charge is 0.310 e. The quantitative estimate of drug-likeness (QED) is 0.856. The first-order valence-electron chi connectivity index (χ1n) is 8.27. The number of fused-ring (bicyclic) bond motifs is 1. The predicted molar refractivity (Wildman–Crippen MR) is 84.9 cm³/mol. The Balaban J connectivity index is 1.70. The Morgan fingerprint density at radius 3 is 2.64 bits per heavy atom. The van der Waals surface area contributed by atoms with Crippen molar-refractivity contribution in [2.75, 3.05) is 0 Å². The predicted octanol–water partition coefficient (Wildman–Crippen LogP) is 4.72. The van der Waals surface area contributed by atoms with Crippen LogP contribution in [0.3, 0.4) is 0 Å². The van der Waals surface area contributed by atoms with Crippen molar-refractivity contribution in [3.8, 4) is 0 Å². The minimum atomic E-state index is -0.584. The normalized spacial score (nSPS) is 53.6. The van der Waals surface area contributed by atoms with E-state index in [2.05, 4.69) is 19.9 Å². The van der Waals surface area contributed by atoms with Gasteiger partial charge in [-0.3, -0.25) is 4.79 Å². The van der Waals surface area contributed by atoms with Crippen molar-refractivity contribution in [2.45, 2.75) is 45.4 Å². The van der Waals surface area contributed by atoms with E-state index in [9.17, 15) is 9.90 Å². The lowest BCUT2D eigenvalue weighted by Gasteiger charge is -2.79. The minimum Gasteiger partial charge on any atom is -0.481 e. The summed E-state index contributed by atoms with van der Waals surface area (Å²) in [5.74, 6) is 0.0870. The fourth-order valence-corrected chi connectivity index (χ4v) is 8.25. The van der Waals surface area contributed by atoms with E-state index in [1.54, 1.807) is 0 Å². The molecule has 5 rings (SSSR count). The molecule has 4 unspecified atom stereocenters. The maximum Gasteiger partial charge on any atom is 0.310 e.